The fourth-order valence-electron chi connectivity index (χ4n) is 3.82. The number of aliphatic imine (C=N–C) groups is 1. The zero-order valence-electron chi connectivity index (χ0n) is 14.8. The van der Waals surface area contributed by atoms with Crippen LogP contribution in [0.2, 0.25) is 0 Å². The molecule has 134 valence electrons. The molecule has 1 spiro atoms. The molecule has 0 saturated heterocycles. The monoisotopic (exact) mass is 443 g/mol. The Morgan fingerprint density at radius 1 is 1.29 bits per heavy atom. The van der Waals surface area contributed by atoms with Crippen LogP contribution in [0.1, 0.15) is 63.5 Å². The second kappa shape index (κ2) is 8.92. The van der Waals surface area contributed by atoms with Crippen molar-refractivity contribution in [1.82, 2.24) is 10.6 Å². The highest BCUT2D eigenvalue weighted by molar-refractivity contribution is 14.0. The van der Waals surface area contributed by atoms with E-state index in [0.717, 1.165) is 31.1 Å². The van der Waals surface area contributed by atoms with E-state index in [-0.39, 0.29) is 35.6 Å². The normalized spacial score (nSPS) is 21.6. The van der Waals surface area contributed by atoms with Crippen LogP contribution in [0.25, 0.3) is 0 Å². The summed E-state index contributed by atoms with van der Waals surface area (Å²) in [5, 5.41) is 7.06. The van der Waals surface area contributed by atoms with Crippen molar-refractivity contribution in [2.45, 2.75) is 63.5 Å². The summed E-state index contributed by atoms with van der Waals surface area (Å²) in [5.74, 6) is 1.94. The van der Waals surface area contributed by atoms with Crippen LogP contribution in [-0.2, 0) is 0 Å². The van der Waals surface area contributed by atoms with Gasteiger partial charge in [0.25, 0.3) is 0 Å². The number of nitrogens with one attached hydrogen (secondary N) is 2. The fourth-order valence-corrected chi connectivity index (χ4v) is 3.82. The van der Waals surface area contributed by atoms with Gasteiger partial charge in [-0.15, -0.1) is 24.0 Å². The Hall–Kier alpha value is -0.980. The van der Waals surface area contributed by atoms with E-state index in [2.05, 4.69) is 46.8 Å². The lowest BCUT2D eigenvalue weighted by atomic mass is 9.86. The van der Waals surface area contributed by atoms with Gasteiger partial charge in [-0.05, 0) is 38.2 Å². The number of halogens is 1. The minimum Gasteiger partial charge on any atom is -0.487 e. The summed E-state index contributed by atoms with van der Waals surface area (Å²) in [6, 6.07) is 8.71. The van der Waals surface area contributed by atoms with Crippen molar-refractivity contribution in [3.05, 3.63) is 29.8 Å². The highest BCUT2D eigenvalue weighted by atomic mass is 127. The Morgan fingerprint density at radius 2 is 2.04 bits per heavy atom. The molecule has 1 aromatic rings. The lowest BCUT2D eigenvalue weighted by molar-refractivity contribution is 0.0396. The van der Waals surface area contributed by atoms with Crippen LogP contribution < -0.4 is 15.4 Å². The standard InChI is InChI=1S/C19H29N3O.HI/c1-3-4-13-21-18(20-2)22-16-14-19(11-7-8-12-19)23-17-10-6-5-9-15(16)17;/h5-6,9-10,16H,3-4,7-8,11-14H2,1-2H3,(H2,20,21,22);1H. The highest BCUT2D eigenvalue weighted by Gasteiger charge is 2.43. The lowest BCUT2D eigenvalue weighted by Gasteiger charge is -2.40. The molecule has 5 heteroatoms. The van der Waals surface area contributed by atoms with Gasteiger partial charge in [-0.2, -0.15) is 0 Å². The second-order valence-corrected chi connectivity index (χ2v) is 6.78. The second-order valence-electron chi connectivity index (χ2n) is 6.78. The van der Waals surface area contributed by atoms with E-state index in [9.17, 15) is 0 Å². The Morgan fingerprint density at radius 3 is 2.75 bits per heavy atom. The maximum atomic E-state index is 6.42. The summed E-state index contributed by atoms with van der Waals surface area (Å²) in [5.41, 5.74) is 1.28. The summed E-state index contributed by atoms with van der Waals surface area (Å²) in [6.07, 6.45) is 8.26. The average molecular weight is 443 g/mol. The number of nitrogens with zero attached hydrogens (tertiary/aromatic N) is 1. The van der Waals surface area contributed by atoms with Crippen LogP contribution in [0.3, 0.4) is 0 Å². The number of guanidine groups is 1. The number of para-hydroxylation sites is 1. The van der Waals surface area contributed by atoms with E-state index in [1.54, 1.807) is 0 Å². The van der Waals surface area contributed by atoms with Crippen molar-refractivity contribution in [1.29, 1.82) is 0 Å². The number of hydrogen-bond donors (Lipinski definition) is 2. The molecule has 2 N–H and O–H groups in total. The Balaban J connectivity index is 0.00000208. The summed E-state index contributed by atoms with van der Waals surface area (Å²) < 4.78 is 6.42. The maximum absolute atomic E-state index is 6.42. The lowest BCUT2D eigenvalue weighted by Crippen LogP contribution is -2.46. The number of fused-ring (bicyclic) bond motifs is 1. The number of unbranched alkanes of at least 4 members (excludes halogenated alkanes) is 1. The molecule has 0 radical (unpaired) electrons. The van der Waals surface area contributed by atoms with Crippen molar-refractivity contribution < 1.29 is 4.74 Å². The molecule has 1 fully saturated rings. The van der Waals surface area contributed by atoms with Crippen molar-refractivity contribution >= 4 is 29.9 Å². The number of benzene rings is 1. The summed E-state index contributed by atoms with van der Waals surface area (Å²) >= 11 is 0. The largest absolute Gasteiger partial charge is 0.487 e. The van der Waals surface area contributed by atoms with Gasteiger partial charge < -0.3 is 15.4 Å². The van der Waals surface area contributed by atoms with E-state index in [1.807, 2.05) is 7.05 Å². The van der Waals surface area contributed by atoms with Gasteiger partial charge in [0.1, 0.15) is 11.4 Å². The minimum absolute atomic E-state index is 0. The number of rotatable bonds is 4. The third-order valence-electron chi connectivity index (χ3n) is 5.07. The Kier molecular flexibility index (Phi) is 7.19. The zero-order chi connectivity index (χ0) is 16.1. The third kappa shape index (κ3) is 4.35. The van der Waals surface area contributed by atoms with Crippen LogP contribution in [0.15, 0.2) is 29.3 Å². The molecular weight excluding hydrogens is 413 g/mol. The first kappa shape index (κ1) is 19.3. The molecule has 3 rings (SSSR count). The van der Waals surface area contributed by atoms with E-state index >= 15 is 0 Å². The number of ether oxygens (including phenoxy) is 1. The van der Waals surface area contributed by atoms with Gasteiger partial charge in [0, 0.05) is 25.6 Å². The average Bonchev–Trinajstić information content (AvgIpc) is 3.01. The fraction of sp³-hybridized carbons (Fsp3) is 0.632. The van der Waals surface area contributed by atoms with Gasteiger partial charge in [-0.1, -0.05) is 31.5 Å². The molecular formula is C19H30IN3O. The first-order chi connectivity index (χ1) is 11.3. The van der Waals surface area contributed by atoms with Crippen molar-refractivity contribution in [2.75, 3.05) is 13.6 Å². The van der Waals surface area contributed by atoms with Gasteiger partial charge >= 0.3 is 0 Å². The first-order valence-electron chi connectivity index (χ1n) is 9.01. The van der Waals surface area contributed by atoms with Crippen LogP contribution in [0.5, 0.6) is 5.75 Å². The van der Waals surface area contributed by atoms with E-state index in [4.69, 9.17) is 4.74 Å². The highest BCUT2D eigenvalue weighted by Crippen LogP contribution is 2.46. The van der Waals surface area contributed by atoms with Gasteiger partial charge in [0.2, 0.25) is 0 Å². The molecule has 1 unspecified atom stereocenters. The van der Waals surface area contributed by atoms with E-state index in [0.29, 0.717) is 0 Å². The summed E-state index contributed by atoms with van der Waals surface area (Å²) in [6.45, 7) is 3.17. The molecule has 1 saturated carbocycles. The van der Waals surface area contributed by atoms with Crippen LogP contribution in [0, 0.1) is 0 Å². The van der Waals surface area contributed by atoms with Crippen LogP contribution >= 0.6 is 24.0 Å². The molecule has 24 heavy (non-hydrogen) atoms. The number of hydrogen-bond acceptors (Lipinski definition) is 2. The van der Waals surface area contributed by atoms with Gasteiger partial charge in [0.15, 0.2) is 5.96 Å². The van der Waals surface area contributed by atoms with Crippen molar-refractivity contribution in [3.8, 4) is 5.75 Å². The van der Waals surface area contributed by atoms with E-state index in [1.165, 1.54) is 37.7 Å². The van der Waals surface area contributed by atoms with Gasteiger partial charge in [-0.3, -0.25) is 4.99 Å². The summed E-state index contributed by atoms with van der Waals surface area (Å²) in [7, 11) is 1.85. The van der Waals surface area contributed by atoms with Gasteiger partial charge in [0.05, 0.1) is 6.04 Å². The molecule has 0 aromatic heterocycles. The molecule has 1 aromatic carbocycles. The molecule has 1 heterocycles. The SMILES string of the molecule is CCCCNC(=NC)NC1CC2(CCCC2)Oc2ccccc21.I. The summed E-state index contributed by atoms with van der Waals surface area (Å²) in [4.78, 5) is 4.40. The quantitative estimate of drug-likeness (QED) is 0.314. The topological polar surface area (TPSA) is 45.7 Å². The molecule has 0 bridgehead atoms. The minimum atomic E-state index is 0. The van der Waals surface area contributed by atoms with Crippen molar-refractivity contribution in [3.63, 3.8) is 0 Å². The maximum Gasteiger partial charge on any atom is 0.191 e. The predicted molar refractivity (Wildman–Crippen MR) is 110 cm³/mol. The van der Waals surface area contributed by atoms with Crippen LogP contribution in [-0.4, -0.2) is 25.2 Å². The first-order valence-corrected chi connectivity index (χ1v) is 9.01. The molecule has 2 aliphatic rings. The molecule has 4 nitrogen and oxygen atoms in total. The third-order valence-corrected chi connectivity index (χ3v) is 5.07. The molecule has 1 atom stereocenters. The van der Waals surface area contributed by atoms with Gasteiger partial charge in [-0.25, -0.2) is 0 Å². The Bertz CT molecular complexity index is 555. The van der Waals surface area contributed by atoms with Crippen LogP contribution in [0.4, 0.5) is 0 Å². The molecule has 1 aliphatic heterocycles. The smallest absolute Gasteiger partial charge is 0.191 e. The zero-order valence-corrected chi connectivity index (χ0v) is 17.1. The Labute approximate surface area is 162 Å². The van der Waals surface area contributed by atoms with E-state index < -0.39 is 0 Å². The predicted octanol–water partition coefficient (Wildman–Crippen LogP) is 4.41. The molecule has 1 aliphatic carbocycles. The van der Waals surface area contributed by atoms with Crippen molar-refractivity contribution in [2.24, 2.45) is 4.99 Å². The molecule has 0 amide bonds.